The van der Waals surface area contributed by atoms with Crippen molar-refractivity contribution < 1.29 is 4.74 Å². The quantitative estimate of drug-likeness (QED) is 0.641. The normalized spacial score (nSPS) is 16.1. The molecule has 0 heterocycles. The van der Waals surface area contributed by atoms with E-state index in [1.807, 2.05) is 6.92 Å². The second kappa shape index (κ2) is 8.61. The fourth-order valence-corrected chi connectivity index (χ4v) is 1.82. The Morgan fingerprint density at radius 1 is 1.38 bits per heavy atom. The van der Waals surface area contributed by atoms with Crippen LogP contribution >= 0.6 is 0 Å². The maximum Gasteiger partial charge on any atom is 0.0800 e. The average Bonchev–Trinajstić information content (AvgIpc) is 2.32. The first kappa shape index (κ1) is 15.5. The van der Waals surface area contributed by atoms with Crippen molar-refractivity contribution in [2.45, 2.75) is 65.0 Å². The van der Waals surface area contributed by atoms with Crippen LogP contribution in [0, 0.1) is 11.8 Å². The average molecular weight is 225 g/mol. The summed E-state index contributed by atoms with van der Waals surface area (Å²) in [6.07, 6.45) is 4.17. The van der Waals surface area contributed by atoms with Gasteiger partial charge in [0, 0.05) is 19.6 Å². The minimum atomic E-state index is -0.0788. The van der Waals surface area contributed by atoms with Gasteiger partial charge in [0.15, 0.2) is 0 Å². The van der Waals surface area contributed by atoms with Crippen LogP contribution in [0.3, 0.4) is 0 Å². The predicted molar refractivity (Wildman–Crippen MR) is 70.5 cm³/mol. The molecule has 2 heteroatoms. The largest absolute Gasteiger partial charge is 0.377 e. The molecule has 0 saturated carbocycles. The number of hydrogen-bond acceptors (Lipinski definition) is 2. The highest BCUT2D eigenvalue weighted by Gasteiger charge is 2.31. The van der Waals surface area contributed by atoms with Gasteiger partial charge in [-0.05, 0) is 39.7 Å². The topological polar surface area (TPSA) is 21.3 Å². The molecule has 0 aliphatic rings. The van der Waals surface area contributed by atoms with Crippen LogP contribution in [0.1, 0.15) is 53.4 Å². The summed E-state index contributed by atoms with van der Waals surface area (Å²) in [4.78, 5) is 0. The summed E-state index contributed by atoms with van der Waals surface area (Å²) in [6, 6.07) is 0.392. The fourth-order valence-electron chi connectivity index (χ4n) is 1.82. The van der Waals surface area contributed by atoms with Crippen LogP contribution in [-0.4, -0.2) is 25.3 Å². The molecule has 0 aromatic carbocycles. The molecular formula is C14H27NO. The van der Waals surface area contributed by atoms with E-state index in [2.05, 4.69) is 37.9 Å². The molecule has 0 spiro atoms. The second-order valence-corrected chi connectivity index (χ2v) is 4.34. The van der Waals surface area contributed by atoms with E-state index in [0.29, 0.717) is 6.04 Å². The van der Waals surface area contributed by atoms with E-state index in [1.54, 1.807) is 7.11 Å². The second-order valence-electron chi connectivity index (χ2n) is 4.34. The summed E-state index contributed by atoms with van der Waals surface area (Å²) in [5, 5.41) is 3.58. The third-order valence-electron chi connectivity index (χ3n) is 3.28. The summed E-state index contributed by atoms with van der Waals surface area (Å²) in [5.41, 5.74) is -0.0788. The molecule has 0 fully saturated rings. The highest BCUT2D eigenvalue weighted by Crippen LogP contribution is 2.22. The molecule has 0 radical (unpaired) electrons. The predicted octanol–water partition coefficient (Wildman–Crippen LogP) is 2.97. The molecule has 0 aliphatic carbocycles. The summed E-state index contributed by atoms with van der Waals surface area (Å²) in [5.74, 6) is 6.08. The fraction of sp³-hybridized carbons (Fsp3) is 0.857. The maximum atomic E-state index is 5.67. The van der Waals surface area contributed by atoms with Crippen LogP contribution in [0.15, 0.2) is 0 Å². The highest BCUT2D eigenvalue weighted by atomic mass is 16.5. The van der Waals surface area contributed by atoms with Gasteiger partial charge in [0.25, 0.3) is 0 Å². The molecule has 2 unspecified atom stereocenters. The van der Waals surface area contributed by atoms with Gasteiger partial charge in [-0.3, -0.25) is 0 Å². The van der Waals surface area contributed by atoms with E-state index in [4.69, 9.17) is 4.74 Å². The standard InChI is InChI=1S/C14H27NO/c1-6-9-10-11-13(15-12-7-2)14(4,8-3)16-5/h13,15H,7-8,10-12H2,1-5H3. The Morgan fingerprint density at radius 2 is 2.06 bits per heavy atom. The molecule has 2 atom stereocenters. The zero-order valence-electron chi connectivity index (χ0n) is 11.5. The Bertz CT molecular complexity index is 223. The van der Waals surface area contributed by atoms with Crippen molar-refractivity contribution in [3.05, 3.63) is 0 Å². The molecule has 0 amide bonds. The van der Waals surface area contributed by atoms with Gasteiger partial charge in [0.1, 0.15) is 0 Å². The van der Waals surface area contributed by atoms with Gasteiger partial charge in [-0.2, -0.15) is 0 Å². The van der Waals surface area contributed by atoms with Crippen molar-refractivity contribution in [1.82, 2.24) is 5.32 Å². The van der Waals surface area contributed by atoms with Crippen LogP contribution in [0.2, 0.25) is 0 Å². The van der Waals surface area contributed by atoms with E-state index in [-0.39, 0.29) is 5.60 Å². The van der Waals surface area contributed by atoms with E-state index in [9.17, 15) is 0 Å². The Kier molecular flexibility index (Phi) is 8.33. The molecule has 0 aromatic rings. The lowest BCUT2D eigenvalue weighted by atomic mass is 9.89. The van der Waals surface area contributed by atoms with Crippen molar-refractivity contribution in [3.8, 4) is 11.8 Å². The summed E-state index contributed by atoms with van der Waals surface area (Å²) >= 11 is 0. The van der Waals surface area contributed by atoms with E-state index >= 15 is 0 Å². The number of ether oxygens (including phenoxy) is 1. The number of nitrogens with one attached hydrogen (secondary N) is 1. The third-order valence-corrected chi connectivity index (χ3v) is 3.28. The van der Waals surface area contributed by atoms with Crippen molar-refractivity contribution in [3.63, 3.8) is 0 Å². The van der Waals surface area contributed by atoms with E-state index in [1.165, 1.54) is 0 Å². The van der Waals surface area contributed by atoms with E-state index < -0.39 is 0 Å². The Labute approximate surface area is 101 Å². The van der Waals surface area contributed by atoms with Crippen LogP contribution < -0.4 is 5.32 Å². The van der Waals surface area contributed by atoms with Gasteiger partial charge >= 0.3 is 0 Å². The summed E-state index contributed by atoms with van der Waals surface area (Å²) < 4.78 is 5.67. The number of hydrogen-bond donors (Lipinski definition) is 1. The first-order valence-electron chi connectivity index (χ1n) is 6.32. The molecule has 0 aromatic heterocycles. The maximum absolute atomic E-state index is 5.67. The van der Waals surface area contributed by atoms with Crippen LogP contribution in [0.25, 0.3) is 0 Å². The molecule has 0 aliphatic heterocycles. The van der Waals surface area contributed by atoms with Gasteiger partial charge in [0.2, 0.25) is 0 Å². The van der Waals surface area contributed by atoms with Crippen molar-refractivity contribution in [2.24, 2.45) is 0 Å². The zero-order chi connectivity index (χ0) is 12.4. The van der Waals surface area contributed by atoms with Gasteiger partial charge in [-0.25, -0.2) is 0 Å². The Hall–Kier alpha value is -0.520. The number of rotatable bonds is 8. The molecule has 0 bridgehead atoms. The Morgan fingerprint density at radius 3 is 2.50 bits per heavy atom. The van der Waals surface area contributed by atoms with Crippen molar-refractivity contribution in [1.29, 1.82) is 0 Å². The van der Waals surface area contributed by atoms with Gasteiger partial charge < -0.3 is 10.1 Å². The Balaban J connectivity index is 4.41. The van der Waals surface area contributed by atoms with Crippen LogP contribution in [0.4, 0.5) is 0 Å². The van der Waals surface area contributed by atoms with E-state index in [0.717, 1.165) is 32.2 Å². The van der Waals surface area contributed by atoms with Crippen LogP contribution in [-0.2, 0) is 4.74 Å². The lowest BCUT2D eigenvalue weighted by Crippen LogP contribution is -2.50. The first-order valence-corrected chi connectivity index (χ1v) is 6.32. The van der Waals surface area contributed by atoms with Gasteiger partial charge in [0.05, 0.1) is 5.60 Å². The molecule has 94 valence electrons. The SMILES string of the molecule is CC#CCCC(NCCC)C(C)(CC)OC. The first-order chi connectivity index (χ1) is 7.64. The zero-order valence-corrected chi connectivity index (χ0v) is 11.5. The molecule has 1 N–H and O–H groups in total. The molecule has 0 rings (SSSR count). The molecule has 0 saturated heterocycles. The smallest absolute Gasteiger partial charge is 0.0800 e. The lowest BCUT2D eigenvalue weighted by Gasteiger charge is -2.36. The lowest BCUT2D eigenvalue weighted by molar-refractivity contribution is -0.0306. The summed E-state index contributed by atoms with van der Waals surface area (Å²) in [7, 11) is 1.80. The van der Waals surface area contributed by atoms with Crippen molar-refractivity contribution >= 4 is 0 Å². The molecule has 16 heavy (non-hydrogen) atoms. The molecule has 2 nitrogen and oxygen atoms in total. The minimum Gasteiger partial charge on any atom is -0.377 e. The third kappa shape index (κ3) is 5.01. The van der Waals surface area contributed by atoms with Crippen molar-refractivity contribution in [2.75, 3.05) is 13.7 Å². The minimum absolute atomic E-state index is 0.0788. The van der Waals surface area contributed by atoms with Crippen LogP contribution in [0.5, 0.6) is 0 Å². The monoisotopic (exact) mass is 225 g/mol. The number of methoxy groups -OCH3 is 1. The van der Waals surface area contributed by atoms with Gasteiger partial charge in [-0.1, -0.05) is 13.8 Å². The molecular weight excluding hydrogens is 198 g/mol. The van der Waals surface area contributed by atoms with Gasteiger partial charge in [-0.15, -0.1) is 11.8 Å². The summed E-state index contributed by atoms with van der Waals surface area (Å²) in [6.45, 7) is 9.48. The highest BCUT2D eigenvalue weighted by molar-refractivity contribution is 4.98.